The van der Waals surface area contributed by atoms with Gasteiger partial charge in [-0.1, -0.05) is 29.3 Å². The standard InChI is InChI=1S/C11H20BrNO2S/c1-3-16-10-6-4-5-9(10)13-7-8(12)11(14)15-2/h8-10,13H,3-7H2,1-2H3. The van der Waals surface area contributed by atoms with Gasteiger partial charge >= 0.3 is 5.97 Å². The Morgan fingerprint density at radius 2 is 2.38 bits per heavy atom. The highest BCUT2D eigenvalue weighted by Crippen LogP contribution is 2.29. The molecular formula is C11H20BrNO2S. The predicted molar refractivity (Wildman–Crippen MR) is 72.3 cm³/mol. The average molecular weight is 310 g/mol. The van der Waals surface area contributed by atoms with Crippen molar-refractivity contribution in [3.63, 3.8) is 0 Å². The summed E-state index contributed by atoms with van der Waals surface area (Å²) in [4.78, 5) is 11.0. The van der Waals surface area contributed by atoms with E-state index in [4.69, 9.17) is 0 Å². The van der Waals surface area contributed by atoms with Crippen molar-refractivity contribution in [1.82, 2.24) is 5.32 Å². The Morgan fingerprint density at radius 1 is 1.62 bits per heavy atom. The van der Waals surface area contributed by atoms with Crippen molar-refractivity contribution >= 4 is 33.7 Å². The Hall–Kier alpha value is 0.260. The van der Waals surface area contributed by atoms with E-state index in [2.05, 4.69) is 32.9 Å². The van der Waals surface area contributed by atoms with E-state index < -0.39 is 0 Å². The predicted octanol–water partition coefficient (Wildman–Crippen LogP) is 2.19. The summed E-state index contributed by atoms with van der Waals surface area (Å²) in [5.74, 6) is 0.961. The van der Waals surface area contributed by atoms with E-state index in [9.17, 15) is 4.79 Å². The average Bonchev–Trinajstić information content (AvgIpc) is 2.73. The minimum atomic E-state index is -0.231. The second-order valence-electron chi connectivity index (χ2n) is 3.93. The van der Waals surface area contributed by atoms with Gasteiger partial charge in [0, 0.05) is 17.8 Å². The Balaban J connectivity index is 2.28. The van der Waals surface area contributed by atoms with Gasteiger partial charge in [-0.2, -0.15) is 11.8 Å². The molecule has 1 aliphatic carbocycles. The van der Waals surface area contributed by atoms with Crippen LogP contribution >= 0.6 is 27.7 Å². The molecule has 0 aliphatic heterocycles. The van der Waals surface area contributed by atoms with E-state index >= 15 is 0 Å². The second-order valence-corrected chi connectivity index (χ2v) is 6.55. The highest BCUT2D eigenvalue weighted by atomic mass is 79.9. The second kappa shape index (κ2) is 7.56. The smallest absolute Gasteiger partial charge is 0.320 e. The van der Waals surface area contributed by atoms with Gasteiger partial charge in [0.15, 0.2) is 0 Å². The van der Waals surface area contributed by atoms with E-state index in [1.54, 1.807) is 0 Å². The molecule has 0 spiro atoms. The number of carbonyl (C=O) groups is 1. The Labute approximate surface area is 110 Å². The van der Waals surface area contributed by atoms with E-state index in [0.29, 0.717) is 17.8 Å². The maximum absolute atomic E-state index is 11.2. The third-order valence-corrected chi connectivity index (χ3v) is 4.87. The van der Waals surface area contributed by atoms with Crippen LogP contribution in [0.15, 0.2) is 0 Å². The quantitative estimate of drug-likeness (QED) is 0.603. The van der Waals surface area contributed by atoms with Crippen LogP contribution in [0.25, 0.3) is 0 Å². The molecule has 0 amide bonds. The molecular weight excluding hydrogens is 290 g/mol. The number of nitrogens with one attached hydrogen (secondary N) is 1. The minimum absolute atomic E-state index is 0.204. The maximum atomic E-state index is 11.2. The third kappa shape index (κ3) is 4.26. The Kier molecular flexibility index (Phi) is 6.77. The summed E-state index contributed by atoms with van der Waals surface area (Å²) in [7, 11) is 1.42. The van der Waals surface area contributed by atoms with E-state index in [1.165, 1.54) is 26.4 Å². The largest absolute Gasteiger partial charge is 0.468 e. The normalized spacial score (nSPS) is 26.7. The highest BCUT2D eigenvalue weighted by molar-refractivity contribution is 9.10. The fourth-order valence-electron chi connectivity index (χ4n) is 2.04. The summed E-state index contributed by atoms with van der Waals surface area (Å²) in [5, 5.41) is 4.17. The summed E-state index contributed by atoms with van der Waals surface area (Å²) in [6, 6.07) is 0.551. The summed E-state index contributed by atoms with van der Waals surface area (Å²) in [6.07, 6.45) is 3.81. The molecule has 0 aromatic heterocycles. The van der Waals surface area contributed by atoms with Gasteiger partial charge in [-0.15, -0.1) is 0 Å². The molecule has 0 radical (unpaired) electrons. The zero-order chi connectivity index (χ0) is 12.0. The zero-order valence-corrected chi connectivity index (χ0v) is 12.3. The van der Waals surface area contributed by atoms with Crippen LogP contribution in [0, 0.1) is 0 Å². The van der Waals surface area contributed by atoms with Crippen molar-refractivity contribution in [2.75, 3.05) is 19.4 Å². The zero-order valence-electron chi connectivity index (χ0n) is 9.87. The van der Waals surface area contributed by atoms with Gasteiger partial charge in [0.05, 0.1) is 7.11 Å². The number of ether oxygens (including phenoxy) is 1. The molecule has 5 heteroatoms. The van der Waals surface area contributed by atoms with Gasteiger partial charge in [-0.3, -0.25) is 4.79 Å². The van der Waals surface area contributed by atoms with Crippen molar-refractivity contribution in [2.45, 2.75) is 42.3 Å². The lowest BCUT2D eigenvalue weighted by atomic mass is 10.2. The lowest BCUT2D eigenvalue weighted by Gasteiger charge is -2.21. The molecule has 3 unspecified atom stereocenters. The highest BCUT2D eigenvalue weighted by Gasteiger charge is 2.27. The van der Waals surface area contributed by atoms with Crippen LogP contribution in [0.3, 0.4) is 0 Å². The number of alkyl halides is 1. The van der Waals surface area contributed by atoms with E-state index in [0.717, 1.165) is 5.75 Å². The van der Waals surface area contributed by atoms with Crippen LogP contribution in [-0.4, -0.2) is 41.5 Å². The van der Waals surface area contributed by atoms with E-state index in [1.807, 2.05) is 11.8 Å². The topological polar surface area (TPSA) is 38.3 Å². The Morgan fingerprint density at radius 3 is 3.00 bits per heavy atom. The molecule has 1 fully saturated rings. The van der Waals surface area contributed by atoms with Gasteiger partial charge in [-0.25, -0.2) is 0 Å². The minimum Gasteiger partial charge on any atom is -0.468 e. The summed E-state index contributed by atoms with van der Waals surface area (Å²) >= 11 is 5.34. The van der Waals surface area contributed by atoms with Crippen molar-refractivity contribution in [3.05, 3.63) is 0 Å². The van der Waals surface area contributed by atoms with Crippen molar-refractivity contribution in [2.24, 2.45) is 0 Å². The molecule has 0 aromatic carbocycles. The molecule has 1 saturated carbocycles. The van der Waals surface area contributed by atoms with Crippen LogP contribution in [0.2, 0.25) is 0 Å². The Bertz CT molecular complexity index is 228. The van der Waals surface area contributed by atoms with Gasteiger partial charge < -0.3 is 10.1 Å². The van der Waals surface area contributed by atoms with Crippen LogP contribution in [0.4, 0.5) is 0 Å². The molecule has 0 heterocycles. The van der Waals surface area contributed by atoms with Gasteiger partial charge in [0.2, 0.25) is 0 Å². The fraction of sp³-hybridized carbons (Fsp3) is 0.909. The lowest BCUT2D eigenvalue weighted by Crippen LogP contribution is -2.40. The first-order chi connectivity index (χ1) is 7.69. The number of carbonyl (C=O) groups excluding carboxylic acids is 1. The lowest BCUT2D eigenvalue weighted by molar-refractivity contribution is -0.139. The van der Waals surface area contributed by atoms with E-state index in [-0.39, 0.29) is 10.8 Å². The van der Waals surface area contributed by atoms with Crippen molar-refractivity contribution in [1.29, 1.82) is 0 Å². The molecule has 0 aromatic rings. The molecule has 16 heavy (non-hydrogen) atoms. The number of hydrogen-bond acceptors (Lipinski definition) is 4. The molecule has 1 N–H and O–H groups in total. The SMILES string of the molecule is CCSC1CCCC1NCC(Br)C(=O)OC. The summed E-state index contributed by atoms with van der Waals surface area (Å²) in [6.45, 7) is 2.85. The van der Waals surface area contributed by atoms with Crippen LogP contribution in [-0.2, 0) is 9.53 Å². The number of rotatable bonds is 6. The molecule has 0 saturated heterocycles. The molecule has 3 atom stereocenters. The molecule has 3 nitrogen and oxygen atoms in total. The van der Waals surface area contributed by atoms with Gasteiger partial charge in [-0.05, 0) is 18.6 Å². The van der Waals surface area contributed by atoms with Crippen LogP contribution in [0.1, 0.15) is 26.2 Å². The summed E-state index contributed by atoms with van der Waals surface area (Å²) < 4.78 is 4.67. The molecule has 0 bridgehead atoms. The number of thioether (sulfide) groups is 1. The van der Waals surface area contributed by atoms with Crippen LogP contribution < -0.4 is 5.32 Å². The first-order valence-corrected chi connectivity index (χ1v) is 7.72. The number of hydrogen-bond donors (Lipinski definition) is 1. The molecule has 1 rings (SSSR count). The van der Waals surface area contributed by atoms with Crippen LogP contribution in [0.5, 0.6) is 0 Å². The van der Waals surface area contributed by atoms with Gasteiger partial charge in [0.25, 0.3) is 0 Å². The number of esters is 1. The molecule has 1 aliphatic rings. The maximum Gasteiger partial charge on any atom is 0.320 e. The number of halogens is 1. The number of methoxy groups -OCH3 is 1. The first-order valence-electron chi connectivity index (χ1n) is 5.76. The van der Waals surface area contributed by atoms with Gasteiger partial charge in [0.1, 0.15) is 4.83 Å². The summed E-state index contributed by atoms with van der Waals surface area (Å²) in [5.41, 5.74) is 0. The molecule has 94 valence electrons. The van der Waals surface area contributed by atoms with Crippen molar-refractivity contribution in [3.8, 4) is 0 Å². The fourth-order valence-corrected chi connectivity index (χ4v) is 3.64. The monoisotopic (exact) mass is 309 g/mol. The van der Waals surface area contributed by atoms with Crippen molar-refractivity contribution < 1.29 is 9.53 Å². The third-order valence-electron chi connectivity index (χ3n) is 2.85. The first kappa shape index (κ1) is 14.3.